The fraction of sp³-hybridized carbons (Fsp3) is 0.385. The van der Waals surface area contributed by atoms with Gasteiger partial charge >= 0.3 is 0 Å². The van der Waals surface area contributed by atoms with Crippen LogP contribution in [0.5, 0.6) is 0 Å². The summed E-state index contributed by atoms with van der Waals surface area (Å²) >= 11 is 0. The molecular weight excluding hydrogens is 220 g/mol. The second kappa shape index (κ2) is 4.83. The van der Waals surface area contributed by atoms with Crippen LogP contribution in [0.15, 0.2) is 41.8 Å². The van der Waals surface area contributed by atoms with Crippen LogP contribution in [-0.2, 0) is 9.84 Å². The Hall–Kier alpha value is -1.09. The van der Waals surface area contributed by atoms with E-state index < -0.39 is 15.1 Å². The second-order valence-electron chi connectivity index (χ2n) is 4.30. The van der Waals surface area contributed by atoms with Crippen LogP contribution in [0.25, 0.3) is 0 Å². The highest BCUT2D eigenvalue weighted by Crippen LogP contribution is 2.22. The Morgan fingerprint density at radius 1 is 1.19 bits per heavy atom. The van der Waals surface area contributed by atoms with Crippen LogP contribution in [0.3, 0.4) is 0 Å². The van der Waals surface area contributed by atoms with Crippen molar-refractivity contribution >= 4 is 9.84 Å². The molecule has 0 bridgehead atoms. The summed E-state index contributed by atoms with van der Waals surface area (Å²) in [6.45, 7) is 9.32. The largest absolute Gasteiger partial charge is 0.223 e. The van der Waals surface area contributed by atoms with E-state index in [1.54, 1.807) is 12.1 Å². The van der Waals surface area contributed by atoms with Crippen LogP contribution in [-0.4, -0.2) is 13.7 Å². The number of sulfone groups is 1. The molecule has 3 heteroatoms. The van der Waals surface area contributed by atoms with Crippen LogP contribution in [0, 0.1) is 12.8 Å². The second-order valence-corrected chi connectivity index (χ2v) is 6.41. The normalized spacial score (nSPS) is 13.8. The molecule has 0 N–H and O–H groups in total. The molecule has 0 aliphatic rings. The number of hydrogen-bond donors (Lipinski definition) is 0. The fourth-order valence-electron chi connectivity index (χ4n) is 1.64. The van der Waals surface area contributed by atoms with Crippen molar-refractivity contribution in [2.24, 2.45) is 5.92 Å². The molecule has 0 saturated heterocycles. The number of hydrogen-bond acceptors (Lipinski definition) is 2. The maximum Gasteiger partial charge on any atom is 0.185 e. The van der Waals surface area contributed by atoms with Gasteiger partial charge in [-0.15, -0.1) is 6.58 Å². The maximum atomic E-state index is 12.2. The van der Waals surface area contributed by atoms with Gasteiger partial charge in [0.05, 0.1) is 10.1 Å². The maximum absolute atomic E-state index is 12.2. The highest BCUT2D eigenvalue weighted by Gasteiger charge is 2.27. The van der Waals surface area contributed by atoms with Gasteiger partial charge in [-0.3, -0.25) is 0 Å². The van der Waals surface area contributed by atoms with Crippen LogP contribution in [0.4, 0.5) is 0 Å². The summed E-state index contributed by atoms with van der Waals surface area (Å²) in [6.07, 6.45) is 1.51. The van der Waals surface area contributed by atoms with Gasteiger partial charge in [0.1, 0.15) is 0 Å². The lowest BCUT2D eigenvalue weighted by atomic mass is 10.1. The average Bonchev–Trinajstić information content (AvgIpc) is 2.18. The molecule has 1 unspecified atom stereocenters. The zero-order chi connectivity index (χ0) is 12.3. The molecule has 0 aliphatic carbocycles. The molecule has 16 heavy (non-hydrogen) atoms. The quantitative estimate of drug-likeness (QED) is 0.756. The van der Waals surface area contributed by atoms with E-state index in [9.17, 15) is 8.42 Å². The lowest BCUT2D eigenvalue weighted by molar-refractivity contribution is 0.561. The minimum atomic E-state index is -3.29. The van der Waals surface area contributed by atoms with Crippen molar-refractivity contribution in [3.63, 3.8) is 0 Å². The van der Waals surface area contributed by atoms with Crippen LogP contribution < -0.4 is 0 Å². The summed E-state index contributed by atoms with van der Waals surface area (Å²) in [5.74, 6) is 0.0313. The molecule has 0 heterocycles. The Morgan fingerprint density at radius 2 is 1.69 bits per heavy atom. The third kappa shape index (κ3) is 2.53. The molecule has 0 amide bonds. The molecule has 0 fully saturated rings. The zero-order valence-corrected chi connectivity index (χ0v) is 10.8. The van der Waals surface area contributed by atoms with Crippen molar-refractivity contribution in [3.8, 4) is 0 Å². The molecule has 1 aromatic carbocycles. The van der Waals surface area contributed by atoms with E-state index in [0.717, 1.165) is 5.56 Å². The lowest BCUT2D eigenvalue weighted by Gasteiger charge is -2.17. The van der Waals surface area contributed by atoms with Gasteiger partial charge in [0.2, 0.25) is 0 Å². The van der Waals surface area contributed by atoms with Gasteiger partial charge in [-0.25, -0.2) is 8.42 Å². The Labute approximate surface area is 97.9 Å². The van der Waals surface area contributed by atoms with Crippen molar-refractivity contribution in [2.45, 2.75) is 30.9 Å². The molecule has 2 nitrogen and oxygen atoms in total. The van der Waals surface area contributed by atoms with Crippen molar-refractivity contribution in [3.05, 3.63) is 42.5 Å². The first-order chi connectivity index (χ1) is 7.39. The Balaban J connectivity index is 3.20. The number of rotatable bonds is 4. The van der Waals surface area contributed by atoms with E-state index >= 15 is 0 Å². The van der Waals surface area contributed by atoms with E-state index in [0.29, 0.717) is 4.90 Å². The molecule has 88 valence electrons. The molecule has 0 aromatic heterocycles. The van der Waals surface area contributed by atoms with Gasteiger partial charge in [-0.1, -0.05) is 37.6 Å². The summed E-state index contributed by atoms with van der Waals surface area (Å²) in [7, 11) is -3.29. The average molecular weight is 238 g/mol. The number of aryl methyl sites for hydroxylation is 1. The minimum absolute atomic E-state index is 0.0313. The van der Waals surface area contributed by atoms with Crippen LogP contribution >= 0.6 is 0 Å². The predicted molar refractivity (Wildman–Crippen MR) is 67.2 cm³/mol. The van der Waals surface area contributed by atoms with E-state index in [1.807, 2.05) is 32.9 Å². The van der Waals surface area contributed by atoms with E-state index in [-0.39, 0.29) is 5.92 Å². The summed E-state index contributed by atoms with van der Waals surface area (Å²) in [4.78, 5) is 0.372. The third-order valence-electron chi connectivity index (χ3n) is 2.60. The van der Waals surface area contributed by atoms with Crippen molar-refractivity contribution in [1.29, 1.82) is 0 Å². The Morgan fingerprint density at radius 3 is 2.06 bits per heavy atom. The smallest absolute Gasteiger partial charge is 0.185 e. The highest BCUT2D eigenvalue weighted by atomic mass is 32.2. The summed E-state index contributed by atoms with van der Waals surface area (Å²) in [5.41, 5.74) is 1.05. The summed E-state index contributed by atoms with van der Waals surface area (Å²) in [6, 6.07) is 6.94. The van der Waals surface area contributed by atoms with Gasteiger partial charge in [-0.05, 0) is 25.0 Å². The van der Waals surface area contributed by atoms with E-state index in [2.05, 4.69) is 6.58 Å². The molecule has 0 saturated carbocycles. The molecular formula is C13H18O2S. The summed E-state index contributed by atoms with van der Waals surface area (Å²) in [5, 5.41) is -0.518. The van der Waals surface area contributed by atoms with Gasteiger partial charge in [0.25, 0.3) is 0 Å². The highest BCUT2D eigenvalue weighted by molar-refractivity contribution is 7.92. The van der Waals surface area contributed by atoms with Crippen molar-refractivity contribution < 1.29 is 8.42 Å². The van der Waals surface area contributed by atoms with Gasteiger partial charge < -0.3 is 0 Å². The molecule has 0 spiro atoms. The van der Waals surface area contributed by atoms with Gasteiger partial charge in [-0.2, -0.15) is 0 Å². The number of benzene rings is 1. The van der Waals surface area contributed by atoms with E-state index in [4.69, 9.17) is 0 Å². The fourth-order valence-corrected chi connectivity index (χ4v) is 3.44. The first-order valence-corrected chi connectivity index (χ1v) is 6.87. The topological polar surface area (TPSA) is 34.1 Å². The van der Waals surface area contributed by atoms with Gasteiger partial charge in [0, 0.05) is 0 Å². The first-order valence-electron chi connectivity index (χ1n) is 5.32. The Bertz CT molecular complexity index is 455. The third-order valence-corrected chi connectivity index (χ3v) is 4.98. The molecule has 0 radical (unpaired) electrons. The molecule has 1 atom stereocenters. The zero-order valence-electron chi connectivity index (χ0n) is 9.97. The van der Waals surface area contributed by atoms with Crippen molar-refractivity contribution in [1.82, 2.24) is 0 Å². The monoisotopic (exact) mass is 238 g/mol. The summed E-state index contributed by atoms with van der Waals surface area (Å²) < 4.78 is 24.5. The molecule has 1 rings (SSSR count). The van der Waals surface area contributed by atoms with Crippen LogP contribution in [0.1, 0.15) is 19.4 Å². The van der Waals surface area contributed by atoms with Crippen molar-refractivity contribution in [2.75, 3.05) is 0 Å². The van der Waals surface area contributed by atoms with Gasteiger partial charge in [0.15, 0.2) is 9.84 Å². The molecule has 0 aliphatic heterocycles. The standard InChI is InChI=1S/C13H18O2S/c1-5-13(10(2)3)16(14,15)12-8-6-11(4)7-9-12/h5-10,13H,1H2,2-4H3. The predicted octanol–water partition coefficient (Wildman–Crippen LogP) is 2.98. The Kier molecular flexibility index (Phi) is 3.92. The first kappa shape index (κ1) is 13.0. The molecule has 1 aromatic rings. The lowest BCUT2D eigenvalue weighted by Crippen LogP contribution is -2.24. The minimum Gasteiger partial charge on any atom is -0.223 e. The SMILES string of the molecule is C=CC(C(C)C)S(=O)(=O)c1ccc(C)cc1. The van der Waals surface area contributed by atoms with E-state index in [1.165, 1.54) is 6.08 Å². The van der Waals surface area contributed by atoms with Crippen LogP contribution in [0.2, 0.25) is 0 Å².